The van der Waals surface area contributed by atoms with E-state index in [1.807, 2.05) is 30.3 Å². The summed E-state index contributed by atoms with van der Waals surface area (Å²) in [6.45, 7) is 4.46. The number of rotatable bonds is 2. The number of nitrogens with zero attached hydrogens (tertiary/aromatic N) is 2. The molecule has 3 fully saturated rings. The second-order valence-corrected chi connectivity index (χ2v) is 10.7. The van der Waals surface area contributed by atoms with Crippen molar-refractivity contribution < 1.29 is 17.9 Å². The SMILES string of the molecule is CC1(C)[C@@H]2CC[C@]13CS(=O)(=O)N(C(=O)C1COC(c4ccccc4)=N1)[C@@H]3C2. The zero-order valence-corrected chi connectivity index (χ0v) is 16.4. The van der Waals surface area contributed by atoms with E-state index in [1.54, 1.807) is 0 Å². The second-order valence-electron chi connectivity index (χ2n) is 8.88. The highest BCUT2D eigenvalue weighted by molar-refractivity contribution is 7.90. The number of hydrogen-bond donors (Lipinski definition) is 0. The molecule has 2 heterocycles. The molecule has 0 aromatic heterocycles. The van der Waals surface area contributed by atoms with Crippen molar-refractivity contribution in [2.45, 2.75) is 45.2 Å². The van der Waals surface area contributed by atoms with Gasteiger partial charge in [0.2, 0.25) is 15.9 Å². The maximum atomic E-state index is 13.2. The molecule has 2 bridgehead atoms. The van der Waals surface area contributed by atoms with Crippen LogP contribution in [0.25, 0.3) is 0 Å². The van der Waals surface area contributed by atoms with Crippen LogP contribution in [0.1, 0.15) is 38.7 Å². The van der Waals surface area contributed by atoms with E-state index in [0.717, 1.165) is 24.8 Å². The molecule has 144 valence electrons. The molecular formula is C20H24N2O4S. The molecule has 7 heteroatoms. The molecule has 1 aromatic carbocycles. The van der Waals surface area contributed by atoms with E-state index < -0.39 is 22.0 Å². The molecule has 0 N–H and O–H groups in total. The van der Waals surface area contributed by atoms with Crippen molar-refractivity contribution in [2.24, 2.45) is 21.7 Å². The molecule has 1 aromatic rings. The predicted molar refractivity (Wildman–Crippen MR) is 101 cm³/mol. The zero-order valence-electron chi connectivity index (χ0n) is 15.6. The van der Waals surface area contributed by atoms with E-state index in [0.29, 0.717) is 11.8 Å². The van der Waals surface area contributed by atoms with E-state index in [4.69, 9.17) is 4.74 Å². The van der Waals surface area contributed by atoms with Crippen LogP contribution in [0.5, 0.6) is 0 Å². The highest BCUT2D eigenvalue weighted by Gasteiger charge is 2.72. The van der Waals surface area contributed by atoms with Crippen LogP contribution in [0.2, 0.25) is 0 Å². The van der Waals surface area contributed by atoms with Crippen molar-refractivity contribution in [2.75, 3.05) is 12.4 Å². The van der Waals surface area contributed by atoms with Crippen molar-refractivity contribution >= 4 is 21.8 Å². The van der Waals surface area contributed by atoms with Gasteiger partial charge in [-0.1, -0.05) is 32.0 Å². The van der Waals surface area contributed by atoms with Crippen LogP contribution < -0.4 is 0 Å². The molecule has 2 aliphatic heterocycles. The van der Waals surface area contributed by atoms with Crippen molar-refractivity contribution in [3.63, 3.8) is 0 Å². The molecule has 4 aliphatic rings. The van der Waals surface area contributed by atoms with Gasteiger partial charge in [-0.15, -0.1) is 0 Å². The molecule has 1 unspecified atom stereocenters. The summed E-state index contributed by atoms with van der Waals surface area (Å²) in [4.78, 5) is 17.6. The van der Waals surface area contributed by atoms with Crippen LogP contribution in [-0.2, 0) is 19.6 Å². The number of aliphatic imine (C=N–C) groups is 1. The second kappa shape index (κ2) is 5.34. The lowest BCUT2D eigenvalue weighted by Gasteiger charge is -2.37. The summed E-state index contributed by atoms with van der Waals surface area (Å²) in [5.74, 6) is 0.555. The largest absolute Gasteiger partial charge is 0.475 e. The first-order chi connectivity index (χ1) is 12.8. The van der Waals surface area contributed by atoms with Gasteiger partial charge in [0, 0.05) is 11.0 Å². The topological polar surface area (TPSA) is 76.0 Å². The first kappa shape index (κ1) is 17.2. The Balaban J connectivity index is 1.47. The average Bonchev–Trinajstić information content (AvgIpc) is 3.31. The Kier molecular flexibility index (Phi) is 3.41. The zero-order chi connectivity index (χ0) is 19.0. The number of carbonyl (C=O) groups is 1. The van der Waals surface area contributed by atoms with Crippen molar-refractivity contribution in [1.82, 2.24) is 4.31 Å². The Labute approximate surface area is 159 Å². The summed E-state index contributed by atoms with van der Waals surface area (Å²) in [7, 11) is -3.62. The van der Waals surface area contributed by atoms with Crippen molar-refractivity contribution in [1.29, 1.82) is 0 Å². The summed E-state index contributed by atoms with van der Waals surface area (Å²) >= 11 is 0. The third kappa shape index (κ3) is 2.15. The standard InChI is InChI=1S/C20H24N2O4S/c1-19(2)14-8-9-20(19)12-27(24,25)22(16(20)10-14)18(23)15-11-26-17(21-15)13-6-4-3-5-7-13/h3-7,14-16H,8-12H2,1-2H3/t14-,15?,16-,20-/m1/s1. The van der Waals surface area contributed by atoms with Gasteiger partial charge in [0.25, 0.3) is 5.91 Å². The number of ether oxygens (including phenoxy) is 1. The summed E-state index contributed by atoms with van der Waals surface area (Å²) in [6.07, 6.45) is 2.72. The van der Waals surface area contributed by atoms with Gasteiger partial charge in [0.05, 0.1) is 11.8 Å². The van der Waals surface area contributed by atoms with E-state index in [-0.39, 0.29) is 29.2 Å². The smallest absolute Gasteiger partial charge is 0.264 e. The summed E-state index contributed by atoms with van der Waals surface area (Å²) in [5.41, 5.74) is 0.441. The number of benzene rings is 1. The highest BCUT2D eigenvalue weighted by Crippen LogP contribution is 2.70. The molecule has 0 radical (unpaired) electrons. The van der Waals surface area contributed by atoms with E-state index in [2.05, 4.69) is 18.8 Å². The van der Waals surface area contributed by atoms with E-state index in [1.165, 1.54) is 4.31 Å². The number of fused-ring (bicyclic) bond motifs is 1. The van der Waals surface area contributed by atoms with Gasteiger partial charge in [-0.25, -0.2) is 17.7 Å². The van der Waals surface area contributed by atoms with Crippen LogP contribution in [-0.4, -0.2) is 49.0 Å². The molecule has 6 nitrogen and oxygen atoms in total. The van der Waals surface area contributed by atoms with Gasteiger partial charge >= 0.3 is 0 Å². The maximum absolute atomic E-state index is 13.2. The minimum atomic E-state index is -3.62. The molecular weight excluding hydrogens is 364 g/mol. The fourth-order valence-corrected chi connectivity index (χ4v) is 8.54. The monoisotopic (exact) mass is 388 g/mol. The predicted octanol–water partition coefficient (Wildman–Crippen LogP) is 2.20. The van der Waals surface area contributed by atoms with Crippen LogP contribution in [0.3, 0.4) is 0 Å². The fraction of sp³-hybridized carbons (Fsp3) is 0.600. The number of sulfonamides is 1. The number of amides is 1. The Morgan fingerprint density at radius 1 is 1.26 bits per heavy atom. The fourth-order valence-electron chi connectivity index (χ4n) is 5.96. The third-order valence-corrected chi connectivity index (χ3v) is 9.50. The minimum absolute atomic E-state index is 0.0512. The molecule has 1 spiro atoms. The molecule has 2 aliphatic carbocycles. The molecule has 27 heavy (non-hydrogen) atoms. The molecule has 5 rings (SSSR count). The first-order valence-electron chi connectivity index (χ1n) is 9.58. The number of carbonyl (C=O) groups excluding carboxylic acids is 1. The molecule has 2 saturated carbocycles. The van der Waals surface area contributed by atoms with E-state index >= 15 is 0 Å². The van der Waals surface area contributed by atoms with Crippen molar-refractivity contribution in [3.05, 3.63) is 35.9 Å². The van der Waals surface area contributed by atoms with Gasteiger partial charge in [-0.05, 0) is 42.7 Å². The lowest BCUT2D eigenvalue weighted by Crippen LogP contribution is -2.47. The highest BCUT2D eigenvalue weighted by atomic mass is 32.2. The van der Waals surface area contributed by atoms with Gasteiger partial charge < -0.3 is 4.74 Å². The molecule has 4 atom stereocenters. The maximum Gasteiger partial charge on any atom is 0.264 e. The Morgan fingerprint density at radius 2 is 2.00 bits per heavy atom. The van der Waals surface area contributed by atoms with Crippen LogP contribution >= 0.6 is 0 Å². The normalized spacial score (nSPS) is 37.8. The van der Waals surface area contributed by atoms with Gasteiger partial charge in [-0.2, -0.15) is 0 Å². The average molecular weight is 388 g/mol. The van der Waals surface area contributed by atoms with Gasteiger partial charge in [0.1, 0.15) is 6.61 Å². The van der Waals surface area contributed by atoms with Gasteiger partial charge in [0.15, 0.2) is 6.04 Å². The summed E-state index contributed by atoms with van der Waals surface area (Å²) in [6, 6.07) is 8.38. The van der Waals surface area contributed by atoms with E-state index in [9.17, 15) is 13.2 Å². The lowest BCUT2D eigenvalue weighted by atomic mass is 9.69. The first-order valence-corrected chi connectivity index (χ1v) is 11.2. The quantitative estimate of drug-likeness (QED) is 0.778. The summed E-state index contributed by atoms with van der Waals surface area (Å²) < 4.78 is 32.8. The van der Waals surface area contributed by atoms with Gasteiger partial charge in [-0.3, -0.25) is 4.79 Å². The molecule has 1 saturated heterocycles. The Morgan fingerprint density at radius 3 is 2.70 bits per heavy atom. The van der Waals surface area contributed by atoms with Crippen molar-refractivity contribution in [3.8, 4) is 0 Å². The Bertz CT molecular complexity index is 940. The minimum Gasteiger partial charge on any atom is -0.475 e. The molecule has 1 amide bonds. The van der Waals surface area contributed by atoms with Crippen LogP contribution in [0.4, 0.5) is 0 Å². The van der Waals surface area contributed by atoms with Crippen LogP contribution in [0.15, 0.2) is 35.3 Å². The lowest BCUT2D eigenvalue weighted by molar-refractivity contribution is -0.130. The summed E-state index contributed by atoms with van der Waals surface area (Å²) in [5, 5.41) is 0. The number of hydrogen-bond acceptors (Lipinski definition) is 5. The van der Waals surface area contributed by atoms with Crippen LogP contribution in [0, 0.1) is 16.7 Å². The Hall–Kier alpha value is -1.89. The third-order valence-electron chi connectivity index (χ3n) is 7.59.